The fraction of sp³-hybridized carbons (Fsp3) is 0.417. The number of nitrogens with zero attached hydrogens (tertiary/aromatic N) is 3. The van der Waals surface area contributed by atoms with Crippen molar-refractivity contribution in [2.75, 3.05) is 27.2 Å². The summed E-state index contributed by atoms with van der Waals surface area (Å²) in [6.07, 6.45) is 5.51. The number of benzene rings is 2. The fourth-order valence-corrected chi connectivity index (χ4v) is 5.03. The minimum atomic E-state index is 0.585. The molecule has 1 aliphatic rings. The monoisotopic (exact) mass is 407 g/mol. The van der Waals surface area contributed by atoms with Crippen LogP contribution in [0.1, 0.15) is 46.0 Å². The van der Waals surface area contributed by atoms with E-state index in [1.165, 1.54) is 34.4 Å². The first-order chi connectivity index (χ1) is 14.2. The van der Waals surface area contributed by atoms with Gasteiger partial charge in [0.05, 0.1) is 17.7 Å². The van der Waals surface area contributed by atoms with Gasteiger partial charge in [-0.05, 0) is 72.9 Å². The van der Waals surface area contributed by atoms with Gasteiger partial charge < -0.3 is 9.64 Å². The lowest BCUT2D eigenvalue weighted by molar-refractivity contribution is 0.299. The third-order valence-electron chi connectivity index (χ3n) is 5.91. The molecular weight excluding hydrogens is 378 g/mol. The lowest BCUT2D eigenvalue weighted by Crippen LogP contribution is -2.28. The first-order valence-corrected chi connectivity index (χ1v) is 11.2. The highest BCUT2D eigenvalue weighted by atomic mass is 32.1. The van der Waals surface area contributed by atoms with E-state index in [2.05, 4.69) is 70.1 Å². The number of hydrogen-bond donors (Lipinski definition) is 0. The standard InChI is InChI=1S/C24H29N3OS/c1-27(17-19-10-6-12-21-20(19)11-7-13-23(21)28-2)15-14-24-22(25-26-29-24)16-18-8-4-3-5-9-18/h3-5,7-9,11,13,19H,6,10,12,14-17H2,1-2H3. The topological polar surface area (TPSA) is 38.2 Å². The molecule has 2 aromatic carbocycles. The molecule has 1 aromatic heterocycles. The molecule has 0 N–H and O–H groups in total. The van der Waals surface area contributed by atoms with Gasteiger partial charge in [-0.15, -0.1) is 5.10 Å². The van der Waals surface area contributed by atoms with E-state index in [1.54, 1.807) is 18.6 Å². The fourth-order valence-electron chi connectivity index (χ4n) is 4.39. The Morgan fingerprint density at radius 2 is 2.00 bits per heavy atom. The van der Waals surface area contributed by atoms with Gasteiger partial charge >= 0.3 is 0 Å². The zero-order chi connectivity index (χ0) is 20.1. The molecule has 3 aromatic rings. The van der Waals surface area contributed by atoms with Crippen molar-refractivity contribution in [1.29, 1.82) is 0 Å². The van der Waals surface area contributed by atoms with Crippen molar-refractivity contribution < 1.29 is 4.74 Å². The van der Waals surface area contributed by atoms with E-state index in [9.17, 15) is 0 Å². The zero-order valence-corrected chi connectivity index (χ0v) is 18.1. The molecule has 0 spiro atoms. The molecule has 1 atom stereocenters. The van der Waals surface area contributed by atoms with E-state index >= 15 is 0 Å². The van der Waals surface area contributed by atoms with Gasteiger partial charge in [0.25, 0.3) is 0 Å². The summed E-state index contributed by atoms with van der Waals surface area (Å²) in [5.74, 6) is 1.64. The van der Waals surface area contributed by atoms with Crippen LogP contribution in [0, 0.1) is 0 Å². The Morgan fingerprint density at radius 1 is 1.14 bits per heavy atom. The molecule has 152 valence electrons. The summed E-state index contributed by atoms with van der Waals surface area (Å²) < 4.78 is 9.82. The summed E-state index contributed by atoms with van der Waals surface area (Å²) >= 11 is 1.55. The van der Waals surface area contributed by atoms with E-state index in [1.807, 2.05) is 0 Å². The zero-order valence-electron chi connectivity index (χ0n) is 17.3. The van der Waals surface area contributed by atoms with Crippen LogP contribution in [0.3, 0.4) is 0 Å². The van der Waals surface area contributed by atoms with Crippen molar-refractivity contribution in [3.8, 4) is 5.75 Å². The molecule has 0 amide bonds. The van der Waals surface area contributed by atoms with E-state index in [0.29, 0.717) is 5.92 Å². The first-order valence-electron chi connectivity index (χ1n) is 10.4. The lowest BCUT2D eigenvalue weighted by Gasteiger charge is -2.30. The SMILES string of the molecule is COc1cccc2c1CCCC2CN(C)CCc1snnc1Cc1ccccc1. The summed E-state index contributed by atoms with van der Waals surface area (Å²) in [6.45, 7) is 2.11. The molecule has 5 heteroatoms. The molecule has 1 unspecified atom stereocenters. The molecule has 4 nitrogen and oxygen atoms in total. The molecule has 0 saturated carbocycles. The number of hydrogen-bond acceptors (Lipinski definition) is 5. The number of likely N-dealkylation sites (N-methyl/N-ethyl adjacent to an activating group) is 1. The van der Waals surface area contributed by atoms with Gasteiger partial charge in [0.15, 0.2) is 0 Å². The summed E-state index contributed by atoms with van der Waals surface area (Å²) in [6, 6.07) is 17.1. The van der Waals surface area contributed by atoms with Gasteiger partial charge in [0.1, 0.15) is 5.75 Å². The second kappa shape index (κ2) is 9.51. The third-order valence-corrected chi connectivity index (χ3v) is 6.73. The van der Waals surface area contributed by atoms with Crippen LogP contribution in [0.4, 0.5) is 0 Å². The van der Waals surface area contributed by atoms with Gasteiger partial charge in [0, 0.05) is 19.5 Å². The van der Waals surface area contributed by atoms with Crippen LogP contribution in [0.15, 0.2) is 48.5 Å². The lowest BCUT2D eigenvalue weighted by atomic mass is 9.82. The highest BCUT2D eigenvalue weighted by Gasteiger charge is 2.24. The van der Waals surface area contributed by atoms with Crippen LogP contribution in [0.5, 0.6) is 5.75 Å². The largest absolute Gasteiger partial charge is 0.496 e. The normalized spacial score (nSPS) is 16.0. The molecule has 0 bridgehead atoms. The maximum absolute atomic E-state index is 5.60. The Morgan fingerprint density at radius 3 is 2.83 bits per heavy atom. The van der Waals surface area contributed by atoms with Crippen molar-refractivity contribution in [3.63, 3.8) is 0 Å². The maximum atomic E-state index is 5.60. The Bertz CT molecular complexity index is 925. The smallest absolute Gasteiger partial charge is 0.122 e. The first kappa shape index (κ1) is 20.0. The predicted octanol–water partition coefficient (Wildman–Crippen LogP) is 4.73. The van der Waals surface area contributed by atoms with E-state index in [4.69, 9.17) is 4.74 Å². The van der Waals surface area contributed by atoms with Gasteiger partial charge in [0.2, 0.25) is 0 Å². The van der Waals surface area contributed by atoms with Gasteiger partial charge in [-0.1, -0.05) is 47.0 Å². The molecular formula is C24H29N3OS. The van der Waals surface area contributed by atoms with E-state index < -0.39 is 0 Å². The van der Waals surface area contributed by atoms with E-state index in [-0.39, 0.29) is 0 Å². The number of aromatic nitrogens is 2. The van der Waals surface area contributed by atoms with Gasteiger partial charge in [-0.25, -0.2) is 0 Å². The maximum Gasteiger partial charge on any atom is 0.122 e. The molecule has 0 fully saturated rings. The number of rotatable bonds is 8. The molecule has 29 heavy (non-hydrogen) atoms. The summed E-state index contributed by atoms with van der Waals surface area (Å²) in [4.78, 5) is 3.78. The van der Waals surface area contributed by atoms with Crippen molar-refractivity contribution >= 4 is 11.5 Å². The summed E-state index contributed by atoms with van der Waals surface area (Å²) in [5.41, 5.74) is 5.31. The summed E-state index contributed by atoms with van der Waals surface area (Å²) in [7, 11) is 4.02. The average Bonchev–Trinajstić information content (AvgIpc) is 3.19. The number of fused-ring (bicyclic) bond motifs is 1. The summed E-state index contributed by atoms with van der Waals surface area (Å²) in [5, 5.41) is 4.39. The van der Waals surface area contributed by atoms with Gasteiger partial charge in [-0.3, -0.25) is 0 Å². The number of ether oxygens (including phenoxy) is 1. The van der Waals surface area contributed by atoms with Crippen LogP contribution in [0.25, 0.3) is 0 Å². The molecule has 0 saturated heterocycles. The Labute approximate surface area is 177 Å². The molecule has 1 aliphatic carbocycles. The minimum Gasteiger partial charge on any atom is -0.496 e. The Hall–Kier alpha value is -2.24. The van der Waals surface area contributed by atoms with Crippen molar-refractivity contribution in [2.45, 2.75) is 38.0 Å². The van der Waals surface area contributed by atoms with E-state index in [0.717, 1.165) is 43.8 Å². The van der Waals surface area contributed by atoms with Gasteiger partial charge in [-0.2, -0.15) is 0 Å². The van der Waals surface area contributed by atoms with Crippen LogP contribution in [-0.4, -0.2) is 41.7 Å². The van der Waals surface area contributed by atoms with Crippen LogP contribution < -0.4 is 4.74 Å². The molecule has 1 heterocycles. The van der Waals surface area contributed by atoms with Crippen molar-refractivity contribution in [2.24, 2.45) is 0 Å². The highest BCUT2D eigenvalue weighted by Crippen LogP contribution is 2.36. The highest BCUT2D eigenvalue weighted by molar-refractivity contribution is 7.05. The quantitative estimate of drug-likeness (QED) is 0.541. The number of methoxy groups -OCH3 is 1. The second-order valence-electron chi connectivity index (χ2n) is 7.93. The van der Waals surface area contributed by atoms with Crippen molar-refractivity contribution in [3.05, 3.63) is 75.8 Å². The molecule has 0 aliphatic heterocycles. The Balaban J connectivity index is 1.36. The predicted molar refractivity (Wildman–Crippen MR) is 119 cm³/mol. The molecule has 0 radical (unpaired) electrons. The van der Waals surface area contributed by atoms with Crippen LogP contribution >= 0.6 is 11.5 Å². The third kappa shape index (κ3) is 4.85. The molecule has 4 rings (SSSR count). The Kier molecular flexibility index (Phi) is 6.57. The van der Waals surface area contributed by atoms with Crippen LogP contribution in [0.2, 0.25) is 0 Å². The second-order valence-corrected chi connectivity index (χ2v) is 8.77. The minimum absolute atomic E-state index is 0.585. The average molecular weight is 408 g/mol. The van der Waals surface area contributed by atoms with Crippen LogP contribution in [-0.2, 0) is 19.3 Å². The van der Waals surface area contributed by atoms with Crippen molar-refractivity contribution in [1.82, 2.24) is 14.5 Å².